The van der Waals surface area contributed by atoms with Crippen molar-refractivity contribution in [1.82, 2.24) is 0 Å². The van der Waals surface area contributed by atoms with Crippen LogP contribution in [0.1, 0.15) is 24.9 Å². The largest absolute Gasteiger partial charge is 0.491 e. The summed E-state index contributed by atoms with van der Waals surface area (Å²) in [5.74, 6) is -0.678. The molecule has 1 heterocycles. The van der Waals surface area contributed by atoms with Crippen LogP contribution in [0.2, 0.25) is 0 Å². The quantitative estimate of drug-likeness (QED) is 0.760. The van der Waals surface area contributed by atoms with Crippen LogP contribution in [0.25, 0.3) is 0 Å². The third kappa shape index (κ3) is 4.54. The Morgan fingerprint density at radius 1 is 1.17 bits per heavy atom. The van der Waals surface area contributed by atoms with E-state index in [1.165, 1.54) is 12.1 Å². The van der Waals surface area contributed by atoms with E-state index < -0.39 is 5.97 Å². The Kier molecular flexibility index (Phi) is 5.72. The van der Waals surface area contributed by atoms with Crippen molar-refractivity contribution in [3.8, 4) is 5.75 Å². The zero-order valence-electron chi connectivity index (χ0n) is 12.8. The second-order valence-corrected chi connectivity index (χ2v) is 5.82. The summed E-state index contributed by atoms with van der Waals surface area (Å²) >= 11 is 0.941. The van der Waals surface area contributed by atoms with Gasteiger partial charge in [-0.1, -0.05) is 0 Å². The zero-order chi connectivity index (χ0) is 16.8. The van der Waals surface area contributed by atoms with Crippen LogP contribution < -0.4 is 10.1 Å². The molecule has 0 saturated carbocycles. The third-order valence-corrected chi connectivity index (χ3v) is 4.11. The molecule has 0 atom stereocenters. The normalized spacial score (nSPS) is 10.3. The maximum absolute atomic E-state index is 12.2. The summed E-state index contributed by atoms with van der Waals surface area (Å²) in [6.45, 7) is 2.81. The summed E-state index contributed by atoms with van der Waals surface area (Å²) in [7, 11) is 1.60. The van der Waals surface area contributed by atoms with Gasteiger partial charge in [-0.3, -0.25) is 4.79 Å². The van der Waals surface area contributed by atoms with Gasteiger partial charge in [0.25, 0.3) is 5.91 Å². The van der Waals surface area contributed by atoms with E-state index in [2.05, 4.69) is 5.32 Å². The smallest absolute Gasteiger partial charge is 0.345 e. The SMILES string of the molecule is COCCOc1ccc(NC(=O)c2ccc(C(=O)O)s2)c(C)c1. The van der Waals surface area contributed by atoms with Crippen molar-refractivity contribution >= 4 is 28.9 Å². The molecule has 0 fully saturated rings. The van der Waals surface area contributed by atoms with Crippen molar-refractivity contribution in [3.63, 3.8) is 0 Å². The molecule has 0 aliphatic heterocycles. The molecule has 6 nitrogen and oxygen atoms in total. The average Bonchev–Trinajstić information content (AvgIpc) is 3.00. The van der Waals surface area contributed by atoms with E-state index in [0.717, 1.165) is 16.9 Å². The number of methoxy groups -OCH3 is 1. The molecule has 2 N–H and O–H groups in total. The summed E-state index contributed by atoms with van der Waals surface area (Å²) in [6, 6.07) is 8.25. The van der Waals surface area contributed by atoms with E-state index in [-0.39, 0.29) is 10.8 Å². The zero-order valence-corrected chi connectivity index (χ0v) is 13.6. The predicted molar refractivity (Wildman–Crippen MR) is 87.8 cm³/mol. The summed E-state index contributed by atoms with van der Waals surface area (Å²) in [5, 5.41) is 11.7. The van der Waals surface area contributed by atoms with Crippen LogP contribution in [0.5, 0.6) is 5.75 Å². The Labute approximate surface area is 137 Å². The second-order valence-electron chi connectivity index (χ2n) is 4.74. The minimum absolute atomic E-state index is 0.133. The monoisotopic (exact) mass is 335 g/mol. The Balaban J connectivity index is 2.04. The van der Waals surface area contributed by atoms with Crippen LogP contribution in [-0.2, 0) is 4.74 Å². The lowest BCUT2D eigenvalue weighted by atomic mass is 10.2. The number of benzene rings is 1. The van der Waals surface area contributed by atoms with Gasteiger partial charge in [0.2, 0.25) is 0 Å². The number of aromatic carboxylic acids is 1. The van der Waals surface area contributed by atoms with Gasteiger partial charge in [0, 0.05) is 12.8 Å². The number of carbonyl (C=O) groups excluding carboxylic acids is 1. The second kappa shape index (κ2) is 7.75. The molecule has 0 aliphatic rings. The summed E-state index contributed by atoms with van der Waals surface area (Å²) in [6.07, 6.45) is 0. The first kappa shape index (κ1) is 17.0. The number of carboxylic acids is 1. The van der Waals surface area contributed by atoms with Crippen LogP contribution >= 0.6 is 11.3 Å². The Bertz CT molecular complexity index is 710. The molecular formula is C16H17NO5S. The number of carbonyl (C=O) groups is 2. The average molecular weight is 335 g/mol. The van der Waals surface area contributed by atoms with Crippen LogP contribution in [0.4, 0.5) is 5.69 Å². The van der Waals surface area contributed by atoms with E-state index in [1.54, 1.807) is 19.2 Å². The molecule has 23 heavy (non-hydrogen) atoms. The number of anilines is 1. The Hall–Kier alpha value is -2.38. The molecule has 0 saturated heterocycles. The fourth-order valence-electron chi connectivity index (χ4n) is 1.87. The highest BCUT2D eigenvalue weighted by atomic mass is 32.1. The molecule has 0 radical (unpaired) electrons. The van der Waals surface area contributed by atoms with Crippen molar-refractivity contribution in [2.24, 2.45) is 0 Å². The van der Waals surface area contributed by atoms with Crippen molar-refractivity contribution in [1.29, 1.82) is 0 Å². The number of nitrogens with one attached hydrogen (secondary N) is 1. The summed E-state index contributed by atoms with van der Waals surface area (Å²) in [4.78, 5) is 23.5. The topological polar surface area (TPSA) is 84.9 Å². The van der Waals surface area contributed by atoms with E-state index in [0.29, 0.717) is 29.5 Å². The Morgan fingerprint density at radius 3 is 2.52 bits per heavy atom. The van der Waals surface area contributed by atoms with Crippen molar-refractivity contribution in [2.45, 2.75) is 6.92 Å². The van der Waals surface area contributed by atoms with Gasteiger partial charge in [-0.05, 0) is 42.8 Å². The van der Waals surface area contributed by atoms with Crippen molar-refractivity contribution in [2.75, 3.05) is 25.6 Å². The molecule has 1 aromatic carbocycles. The molecule has 7 heteroatoms. The van der Waals surface area contributed by atoms with Gasteiger partial charge in [0.05, 0.1) is 11.5 Å². The lowest BCUT2D eigenvalue weighted by Crippen LogP contribution is -2.11. The molecule has 122 valence electrons. The van der Waals surface area contributed by atoms with E-state index >= 15 is 0 Å². The van der Waals surface area contributed by atoms with Gasteiger partial charge in [0.1, 0.15) is 17.2 Å². The number of carboxylic acid groups (broad SMARTS) is 1. The highest BCUT2D eigenvalue weighted by molar-refractivity contribution is 7.15. The first-order valence-electron chi connectivity index (χ1n) is 6.88. The van der Waals surface area contributed by atoms with Gasteiger partial charge in [0.15, 0.2) is 0 Å². The highest BCUT2D eigenvalue weighted by Crippen LogP contribution is 2.23. The molecule has 1 amide bonds. The molecular weight excluding hydrogens is 318 g/mol. The highest BCUT2D eigenvalue weighted by Gasteiger charge is 2.14. The first-order chi connectivity index (χ1) is 11.0. The third-order valence-electron chi connectivity index (χ3n) is 3.04. The number of rotatable bonds is 7. The van der Waals surface area contributed by atoms with E-state index in [9.17, 15) is 9.59 Å². The summed E-state index contributed by atoms with van der Waals surface area (Å²) in [5.41, 5.74) is 1.50. The predicted octanol–water partition coefficient (Wildman–Crippen LogP) is 3.03. The minimum atomic E-state index is -1.04. The fraction of sp³-hybridized carbons (Fsp3) is 0.250. The number of aryl methyl sites for hydroxylation is 1. The minimum Gasteiger partial charge on any atom is -0.491 e. The van der Waals surface area contributed by atoms with Gasteiger partial charge < -0.3 is 19.9 Å². The van der Waals surface area contributed by atoms with E-state index in [1.807, 2.05) is 13.0 Å². The standard InChI is InChI=1S/C16H17NO5S/c1-10-9-11(22-8-7-21-2)3-4-12(10)17-15(18)13-5-6-14(23-13)16(19)20/h3-6,9H,7-8H2,1-2H3,(H,17,18)(H,19,20). The number of thiophene rings is 1. The van der Waals surface area contributed by atoms with Gasteiger partial charge in [-0.2, -0.15) is 0 Å². The molecule has 0 bridgehead atoms. The maximum atomic E-state index is 12.2. The van der Waals surface area contributed by atoms with Crippen LogP contribution in [0, 0.1) is 6.92 Å². The van der Waals surface area contributed by atoms with Gasteiger partial charge in [-0.25, -0.2) is 4.79 Å². The maximum Gasteiger partial charge on any atom is 0.345 e. The van der Waals surface area contributed by atoms with Gasteiger partial charge in [-0.15, -0.1) is 11.3 Å². The first-order valence-corrected chi connectivity index (χ1v) is 7.70. The number of hydrogen-bond acceptors (Lipinski definition) is 5. The fourth-order valence-corrected chi connectivity index (χ4v) is 2.61. The number of amides is 1. The summed E-state index contributed by atoms with van der Waals surface area (Å²) < 4.78 is 10.4. The number of hydrogen-bond donors (Lipinski definition) is 2. The number of ether oxygens (including phenoxy) is 2. The molecule has 0 aliphatic carbocycles. The van der Waals surface area contributed by atoms with E-state index in [4.69, 9.17) is 14.6 Å². The molecule has 0 unspecified atom stereocenters. The molecule has 0 spiro atoms. The van der Waals surface area contributed by atoms with Crippen molar-refractivity contribution < 1.29 is 24.2 Å². The molecule has 1 aromatic heterocycles. The lowest BCUT2D eigenvalue weighted by molar-refractivity contribution is 0.0702. The lowest BCUT2D eigenvalue weighted by Gasteiger charge is -2.10. The molecule has 2 rings (SSSR count). The van der Waals surface area contributed by atoms with Crippen LogP contribution in [0.3, 0.4) is 0 Å². The van der Waals surface area contributed by atoms with Crippen LogP contribution in [0.15, 0.2) is 30.3 Å². The van der Waals surface area contributed by atoms with Gasteiger partial charge >= 0.3 is 5.97 Å². The molecule has 2 aromatic rings. The van der Waals surface area contributed by atoms with Crippen LogP contribution in [-0.4, -0.2) is 37.3 Å². The van der Waals surface area contributed by atoms with Crippen molar-refractivity contribution in [3.05, 3.63) is 45.6 Å². The Morgan fingerprint density at radius 2 is 1.91 bits per heavy atom.